The molecule has 6 N–H and O–H groups in total. The minimum atomic E-state index is -0.885. The second-order valence-electron chi connectivity index (χ2n) is 19.1. The molecular weight excluding hydrogens is 991 g/mol. The molecule has 4 heterocycles. The van der Waals surface area contributed by atoms with Crippen molar-refractivity contribution in [3.05, 3.63) is 144 Å². The fraction of sp³-hybridized carbons (Fsp3) is 0.333. The maximum atomic E-state index is 14.9. The molecule has 1 aliphatic rings. The number of amides is 7. The van der Waals surface area contributed by atoms with Crippen molar-refractivity contribution in [3.8, 4) is 22.6 Å². The number of nitrogens with one attached hydrogen (secondary N) is 4. The van der Waals surface area contributed by atoms with E-state index >= 15 is 0 Å². The van der Waals surface area contributed by atoms with Crippen LogP contribution in [0.15, 0.2) is 109 Å². The molecule has 18 nitrogen and oxygen atoms in total. The Morgan fingerprint density at radius 1 is 0.844 bits per heavy atom. The highest BCUT2D eigenvalue weighted by Gasteiger charge is 2.30. The van der Waals surface area contributed by atoms with Gasteiger partial charge in [0.25, 0.3) is 11.8 Å². The van der Waals surface area contributed by atoms with E-state index in [9.17, 15) is 42.3 Å². The van der Waals surface area contributed by atoms with E-state index in [2.05, 4.69) is 25.9 Å². The lowest BCUT2D eigenvalue weighted by molar-refractivity contribution is -0.137. The van der Waals surface area contributed by atoms with Crippen LogP contribution in [0, 0.1) is 30.4 Å². The predicted molar refractivity (Wildman–Crippen MR) is 284 cm³/mol. The average molecular weight is 1050 g/mol. The van der Waals surface area contributed by atoms with Crippen LogP contribution >= 0.6 is 0 Å². The van der Waals surface area contributed by atoms with E-state index in [4.69, 9.17) is 20.4 Å². The number of nitrogens with zero attached hydrogens (tertiary/aromatic N) is 5. The maximum Gasteiger partial charge on any atom is 0.410 e. The van der Waals surface area contributed by atoms with Crippen LogP contribution in [-0.2, 0) is 48.3 Å². The minimum Gasteiger partial charge on any atom is -0.445 e. The lowest BCUT2D eigenvalue weighted by atomic mass is 9.89. The number of imidazole rings is 1. The molecule has 0 aliphatic carbocycles. The van der Waals surface area contributed by atoms with Crippen molar-refractivity contribution < 1.29 is 47.1 Å². The Morgan fingerprint density at radius 3 is 2.29 bits per heavy atom. The van der Waals surface area contributed by atoms with Gasteiger partial charge in [-0.3, -0.25) is 38.8 Å². The number of aromatic nitrogens is 4. The fourth-order valence-electron chi connectivity index (χ4n) is 8.96. The Kier molecular flexibility index (Phi) is 19.4. The number of ketones is 1. The quantitative estimate of drug-likeness (QED) is 0.0255. The van der Waals surface area contributed by atoms with Crippen molar-refractivity contribution in [2.24, 2.45) is 17.6 Å². The normalized spacial score (nSPS) is 12.9. The Balaban J connectivity index is 1.01. The summed E-state index contributed by atoms with van der Waals surface area (Å²) in [5, 5.41) is 9.02. The number of aromatic amines is 1. The van der Waals surface area contributed by atoms with Crippen molar-refractivity contribution in [2.75, 3.05) is 25.0 Å². The third-order valence-electron chi connectivity index (χ3n) is 13.0. The molecule has 0 radical (unpaired) electrons. The topological polar surface area (TPSA) is 252 Å². The van der Waals surface area contributed by atoms with Gasteiger partial charge in [-0.15, -0.1) is 0 Å². The van der Waals surface area contributed by atoms with Gasteiger partial charge in [-0.1, -0.05) is 62.7 Å². The largest absolute Gasteiger partial charge is 0.445 e. The van der Waals surface area contributed by atoms with E-state index in [0.717, 1.165) is 39.2 Å². The number of imide groups is 1. The van der Waals surface area contributed by atoms with Crippen LogP contribution in [-0.4, -0.2) is 96.9 Å². The van der Waals surface area contributed by atoms with Gasteiger partial charge in [-0.2, -0.15) is 0 Å². The number of rotatable bonds is 26. The molecule has 7 amide bonds. The average Bonchev–Trinajstić information content (AvgIpc) is 3.98. The van der Waals surface area contributed by atoms with Crippen LogP contribution in [0.25, 0.3) is 33.5 Å². The zero-order chi connectivity index (χ0) is 55.0. The number of aryl methyl sites for hydroxylation is 1. The van der Waals surface area contributed by atoms with Gasteiger partial charge < -0.3 is 36.3 Å². The van der Waals surface area contributed by atoms with Gasteiger partial charge in [0.15, 0.2) is 5.78 Å². The van der Waals surface area contributed by atoms with Crippen LogP contribution in [0.3, 0.4) is 0 Å². The second kappa shape index (κ2) is 26.7. The van der Waals surface area contributed by atoms with Crippen molar-refractivity contribution >= 4 is 58.1 Å². The summed E-state index contributed by atoms with van der Waals surface area (Å²) in [6.45, 7) is 5.36. The molecule has 402 valence electrons. The van der Waals surface area contributed by atoms with Gasteiger partial charge in [-0.25, -0.2) is 23.4 Å². The first-order valence-electron chi connectivity index (χ1n) is 25.5. The van der Waals surface area contributed by atoms with Crippen LogP contribution in [0.4, 0.5) is 24.1 Å². The zero-order valence-electron chi connectivity index (χ0n) is 43.2. The van der Waals surface area contributed by atoms with Crippen LogP contribution in [0.1, 0.15) is 81.4 Å². The third kappa shape index (κ3) is 15.5. The smallest absolute Gasteiger partial charge is 0.410 e. The Morgan fingerprint density at radius 2 is 1.57 bits per heavy atom. The van der Waals surface area contributed by atoms with E-state index < -0.39 is 41.6 Å². The number of Topliss-reactive ketones (excluding diaryl/α,β-unsaturated/α-hetero) is 1. The number of halogens is 2. The molecule has 2 atom stereocenters. The number of carbonyl (C=O) groups excluding carboxylic acids is 7. The summed E-state index contributed by atoms with van der Waals surface area (Å²) in [7, 11) is 0. The molecule has 7 rings (SSSR count). The molecule has 3 aromatic carbocycles. The Labute approximate surface area is 444 Å². The monoisotopic (exact) mass is 1050 g/mol. The van der Waals surface area contributed by atoms with E-state index in [0.29, 0.717) is 59.8 Å². The third-order valence-corrected chi connectivity index (χ3v) is 13.0. The summed E-state index contributed by atoms with van der Waals surface area (Å²) in [5.74, 6) is -4.21. The molecule has 6 aromatic rings. The number of urea groups is 1. The molecule has 77 heavy (non-hydrogen) atoms. The van der Waals surface area contributed by atoms with Gasteiger partial charge >= 0.3 is 12.1 Å². The standard InChI is InChI=1S/C57H62F2N10O8/c1-35(2)52(67-49(71)19-5-4-8-30-69-50(72)24-25-51(69)73)47(70)32-38(13-11-28-62-56(60)75)55(74)64-39-22-20-37(21-23-39)34-77-57(76)68(31-27-42-43(58)15-10-16-44(42)59)33-48-65-53(54(66-48)46-18-9-12-36(3)63-46)41-26-29-61-45-17-7-6-14-40(41)45/h6-7,9-10,12,14-18,20-26,29,35,38,52H,4-5,8,11,13,19,27-28,30-34H2,1-3H3,(H,64,74)(H,65,66)(H,67,71)(H3,60,62,75)/t38-,52+/m1/s1. The molecule has 0 spiro atoms. The highest BCUT2D eigenvalue weighted by Crippen LogP contribution is 2.34. The molecule has 0 saturated carbocycles. The SMILES string of the molecule is Cc1cccc(-c2[nH]c(CN(CCc3c(F)cccc3F)C(=O)OCc3ccc(NC(=O)[C@H](CCCNC(N)=O)CC(=O)[C@@H](NC(=O)CCCCCN4C(=O)C=CC4=O)C(C)C)cc3)nc2-c2ccnc3ccccc23)n1. The Bertz CT molecular complexity index is 3100. The van der Waals surface area contributed by atoms with Crippen LogP contribution in [0.2, 0.25) is 0 Å². The number of primary amides is 1. The molecule has 0 saturated heterocycles. The summed E-state index contributed by atoms with van der Waals surface area (Å²) in [6.07, 6.45) is 5.17. The summed E-state index contributed by atoms with van der Waals surface area (Å²) < 4.78 is 35.6. The first-order valence-corrected chi connectivity index (χ1v) is 25.5. The molecule has 20 heteroatoms. The molecule has 0 bridgehead atoms. The number of unbranched alkanes of at least 4 members (excludes halogenated alkanes) is 2. The van der Waals surface area contributed by atoms with Gasteiger partial charge in [-0.05, 0) is 99.0 Å². The minimum absolute atomic E-state index is 0.120. The number of ether oxygens (including phenoxy) is 1. The molecule has 1 aliphatic heterocycles. The number of nitrogens with two attached hydrogens (primary N) is 1. The number of pyridine rings is 2. The number of hydrogen-bond donors (Lipinski definition) is 5. The first kappa shape index (κ1) is 56.1. The number of H-pyrrole nitrogens is 1. The highest BCUT2D eigenvalue weighted by atomic mass is 19.1. The van der Waals surface area contributed by atoms with Gasteiger partial charge in [0.05, 0.1) is 35.2 Å². The van der Waals surface area contributed by atoms with Crippen molar-refractivity contribution in [1.82, 2.24) is 40.4 Å². The molecule has 0 unspecified atom stereocenters. The highest BCUT2D eigenvalue weighted by molar-refractivity contribution is 6.12. The van der Waals surface area contributed by atoms with Crippen LogP contribution < -0.4 is 21.7 Å². The number of hydrogen-bond acceptors (Lipinski definition) is 11. The zero-order valence-corrected chi connectivity index (χ0v) is 43.2. The van der Waals surface area contributed by atoms with Crippen molar-refractivity contribution in [1.29, 1.82) is 0 Å². The van der Waals surface area contributed by atoms with E-state index in [1.807, 2.05) is 55.5 Å². The number of fused-ring (bicyclic) bond motifs is 1. The number of benzene rings is 3. The van der Waals surface area contributed by atoms with E-state index in [1.165, 1.54) is 23.1 Å². The summed E-state index contributed by atoms with van der Waals surface area (Å²) in [5.41, 5.74) is 10.0. The lowest BCUT2D eigenvalue weighted by Crippen LogP contribution is -2.45. The summed E-state index contributed by atoms with van der Waals surface area (Å²) in [4.78, 5) is 110. The Hall–Kier alpha value is -8.68. The van der Waals surface area contributed by atoms with Gasteiger partial charge in [0.2, 0.25) is 11.8 Å². The van der Waals surface area contributed by atoms with E-state index in [-0.39, 0.29) is 93.5 Å². The summed E-state index contributed by atoms with van der Waals surface area (Å²) in [6, 6.07) is 23.5. The molecular formula is C57H62F2N10O8. The molecule has 3 aromatic heterocycles. The maximum absolute atomic E-state index is 14.9. The second-order valence-corrected chi connectivity index (χ2v) is 19.1. The van der Waals surface area contributed by atoms with Crippen molar-refractivity contribution in [2.45, 2.75) is 91.3 Å². The first-order chi connectivity index (χ1) is 37.0. The fourth-order valence-corrected chi connectivity index (χ4v) is 8.96. The van der Waals surface area contributed by atoms with Gasteiger partial charge in [0.1, 0.15) is 24.1 Å². The number of anilines is 1. The number of para-hydroxylation sites is 1. The predicted octanol–water partition coefficient (Wildman–Crippen LogP) is 8.24. The van der Waals surface area contributed by atoms with E-state index in [1.54, 1.807) is 44.3 Å². The van der Waals surface area contributed by atoms with Gasteiger partial charge in [0, 0.05) is 84.6 Å². The van der Waals surface area contributed by atoms with Crippen molar-refractivity contribution in [3.63, 3.8) is 0 Å². The number of carbonyl (C=O) groups is 7. The summed E-state index contributed by atoms with van der Waals surface area (Å²) >= 11 is 0. The van der Waals surface area contributed by atoms with Crippen LogP contribution in [0.5, 0.6) is 0 Å². The molecule has 0 fully saturated rings. The lowest BCUT2D eigenvalue weighted by Gasteiger charge is -2.24.